The topological polar surface area (TPSA) is 79.5 Å². The Morgan fingerprint density at radius 1 is 1.81 bits per heavy atom. The van der Waals surface area contributed by atoms with Gasteiger partial charge in [0.05, 0.1) is 5.01 Å². The Balaban J connectivity index is 1.97. The van der Waals surface area contributed by atoms with E-state index in [4.69, 9.17) is 10.8 Å². The summed E-state index contributed by atoms with van der Waals surface area (Å²) >= 11 is 1.64. The highest BCUT2D eigenvalue weighted by atomic mass is 32.1. The molecule has 1 saturated heterocycles. The molecule has 0 spiro atoms. The summed E-state index contributed by atoms with van der Waals surface area (Å²) in [6.45, 7) is 3.86. The number of thiazole rings is 1. The van der Waals surface area contributed by atoms with Gasteiger partial charge in [-0.2, -0.15) is 0 Å². The Kier molecular flexibility index (Phi) is 2.96. The number of hydrogen-bond acceptors (Lipinski definition) is 5. The highest BCUT2D eigenvalue weighted by Crippen LogP contribution is 2.22. The molecule has 0 radical (unpaired) electrons. The summed E-state index contributed by atoms with van der Waals surface area (Å²) in [6, 6.07) is 0. The number of hydrogen-bond donors (Lipinski definition) is 2. The van der Waals surface area contributed by atoms with Crippen LogP contribution < -0.4 is 5.73 Å². The van der Waals surface area contributed by atoms with Gasteiger partial charge in [0.25, 0.3) is 0 Å². The molecule has 1 aromatic heterocycles. The van der Waals surface area contributed by atoms with E-state index >= 15 is 0 Å². The maximum absolute atomic E-state index is 11.0. The van der Waals surface area contributed by atoms with Crippen LogP contribution in [-0.4, -0.2) is 39.6 Å². The molecule has 88 valence electrons. The van der Waals surface area contributed by atoms with Gasteiger partial charge in [-0.1, -0.05) is 0 Å². The number of carboxylic acid groups (broad SMARTS) is 1. The Bertz CT molecular complexity index is 407. The van der Waals surface area contributed by atoms with Gasteiger partial charge < -0.3 is 10.8 Å². The van der Waals surface area contributed by atoms with Crippen LogP contribution in [0.1, 0.15) is 16.3 Å². The summed E-state index contributed by atoms with van der Waals surface area (Å²) in [5, 5.41) is 10.0. The van der Waals surface area contributed by atoms with Crippen LogP contribution in [0.2, 0.25) is 0 Å². The van der Waals surface area contributed by atoms with E-state index in [0.717, 1.165) is 23.0 Å². The maximum atomic E-state index is 11.0. The van der Waals surface area contributed by atoms with Crippen LogP contribution in [0.4, 0.5) is 0 Å². The Morgan fingerprint density at radius 3 is 3.06 bits per heavy atom. The Hall–Kier alpha value is -0.980. The highest BCUT2D eigenvalue weighted by molar-refractivity contribution is 7.11. The fourth-order valence-electron chi connectivity index (χ4n) is 1.92. The van der Waals surface area contributed by atoms with Gasteiger partial charge in [-0.3, -0.25) is 9.69 Å². The second kappa shape index (κ2) is 4.12. The summed E-state index contributed by atoms with van der Waals surface area (Å²) in [5.41, 5.74) is 4.73. The van der Waals surface area contributed by atoms with Crippen LogP contribution in [0.3, 0.4) is 0 Å². The number of aromatic nitrogens is 1. The van der Waals surface area contributed by atoms with E-state index in [1.807, 2.05) is 13.1 Å². The van der Waals surface area contributed by atoms with Crippen LogP contribution in [0.25, 0.3) is 0 Å². The zero-order chi connectivity index (χ0) is 11.8. The van der Waals surface area contributed by atoms with Crippen molar-refractivity contribution in [2.24, 2.45) is 5.73 Å². The minimum Gasteiger partial charge on any atom is -0.480 e. The average Bonchev–Trinajstić information content (AvgIpc) is 2.75. The first kappa shape index (κ1) is 11.5. The molecule has 0 amide bonds. The van der Waals surface area contributed by atoms with Crippen molar-refractivity contribution in [2.75, 3.05) is 13.1 Å². The normalized spacial score (nSPS) is 26.1. The van der Waals surface area contributed by atoms with Gasteiger partial charge in [0.2, 0.25) is 0 Å². The van der Waals surface area contributed by atoms with Crippen molar-refractivity contribution in [2.45, 2.75) is 25.4 Å². The van der Waals surface area contributed by atoms with Gasteiger partial charge in [0, 0.05) is 30.7 Å². The third-order valence-electron chi connectivity index (χ3n) is 2.85. The first-order chi connectivity index (χ1) is 7.49. The fourth-order valence-corrected chi connectivity index (χ4v) is 2.76. The second-order valence-electron chi connectivity index (χ2n) is 4.27. The number of nitrogens with zero attached hydrogens (tertiary/aromatic N) is 2. The standard InChI is InChI=1S/C10H15N3O2S/c1-7-12-4-8(16-7)5-13-3-2-10(11,6-13)9(14)15/h4H,2-3,5-6,11H2,1H3,(H,14,15). The third kappa shape index (κ3) is 2.23. The van der Waals surface area contributed by atoms with Crippen LogP contribution in [-0.2, 0) is 11.3 Å². The molecule has 1 unspecified atom stereocenters. The predicted molar refractivity (Wildman–Crippen MR) is 61.3 cm³/mol. The first-order valence-electron chi connectivity index (χ1n) is 5.15. The summed E-state index contributed by atoms with van der Waals surface area (Å²) in [7, 11) is 0. The Morgan fingerprint density at radius 2 is 2.56 bits per heavy atom. The van der Waals surface area contributed by atoms with Gasteiger partial charge in [-0.05, 0) is 13.3 Å². The van der Waals surface area contributed by atoms with E-state index in [-0.39, 0.29) is 0 Å². The van der Waals surface area contributed by atoms with E-state index in [2.05, 4.69) is 9.88 Å². The molecule has 0 bridgehead atoms. The fraction of sp³-hybridized carbons (Fsp3) is 0.600. The van der Waals surface area contributed by atoms with Gasteiger partial charge in [0.15, 0.2) is 0 Å². The number of carboxylic acids is 1. The number of carbonyl (C=O) groups is 1. The van der Waals surface area contributed by atoms with E-state index in [9.17, 15) is 4.79 Å². The number of aryl methyl sites for hydroxylation is 1. The lowest BCUT2D eigenvalue weighted by molar-refractivity contribution is -0.142. The van der Waals surface area contributed by atoms with Crippen molar-refractivity contribution in [1.82, 2.24) is 9.88 Å². The monoisotopic (exact) mass is 241 g/mol. The summed E-state index contributed by atoms with van der Waals surface area (Å²) in [6.07, 6.45) is 2.36. The molecule has 0 aliphatic carbocycles. The highest BCUT2D eigenvalue weighted by Gasteiger charge is 2.41. The smallest absolute Gasteiger partial charge is 0.325 e. The molecule has 2 heterocycles. The number of rotatable bonds is 3. The zero-order valence-electron chi connectivity index (χ0n) is 9.14. The Labute approximate surface area is 97.9 Å². The number of aliphatic carboxylic acids is 1. The first-order valence-corrected chi connectivity index (χ1v) is 5.97. The molecule has 0 aromatic carbocycles. The molecule has 0 saturated carbocycles. The molecule has 1 aromatic rings. The molecule has 6 heteroatoms. The second-order valence-corrected chi connectivity index (χ2v) is 5.59. The van der Waals surface area contributed by atoms with Crippen LogP contribution in [0, 0.1) is 6.92 Å². The lowest BCUT2D eigenvalue weighted by Crippen LogP contribution is -2.49. The maximum Gasteiger partial charge on any atom is 0.325 e. The van der Waals surface area contributed by atoms with Crippen LogP contribution in [0.5, 0.6) is 0 Å². The van der Waals surface area contributed by atoms with E-state index in [1.165, 1.54) is 0 Å². The van der Waals surface area contributed by atoms with Crippen molar-refractivity contribution >= 4 is 17.3 Å². The summed E-state index contributed by atoms with van der Waals surface area (Å²) < 4.78 is 0. The molecule has 16 heavy (non-hydrogen) atoms. The number of nitrogens with two attached hydrogens (primary N) is 1. The summed E-state index contributed by atoms with van der Waals surface area (Å²) in [5.74, 6) is -0.907. The van der Waals surface area contributed by atoms with Crippen LogP contribution in [0.15, 0.2) is 6.20 Å². The minimum atomic E-state index is -1.07. The minimum absolute atomic E-state index is 0.416. The van der Waals surface area contributed by atoms with Crippen LogP contribution >= 0.6 is 11.3 Å². The molecular weight excluding hydrogens is 226 g/mol. The molecule has 1 atom stereocenters. The van der Waals surface area contributed by atoms with E-state index in [0.29, 0.717) is 13.0 Å². The predicted octanol–water partition coefficient (Wildman–Crippen LogP) is 0.439. The summed E-state index contributed by atoms with van der Waals surface area (Å²) in [4.78, 5) is 18.4. The zero-order valence-corrected chi connectivity index (χ0v) is 9.96. The molecule has 1 aliphatic rings. The third-order valence-corrected chi connectivity index (χ3v) is 3.75. The van der Waals surface area contributed by atoms with Crippen molar-refractivity contribution in [3.8, 4) is 0 Å². The SMILES string of the molecule is Cc1ncc(CN2CCC(N)(C(=O)O)C2)s1. The molecule has 3 N–H and O–H groups in total. The molecule has 2 rings (SSSR count). The average molecular weight is 241 g/mol. The van der Waals surface area contributed by atoms with Crippen molar-refractivity contribution in [1.29, 1.82) is 0 Å². The lowest BCUT2D eigenvalue weighted by Gasteiger charge is -2.19. The lowest BCUT2D eigenvalue weighted by atomic mass is 10.0. The molecular formula is C10H15N3O2S. The van der Waals surface area contributed by atoms with Gasteiger partial charge in [-0.15, -0.1) is 11.3 Å². The molecule has 1 aliphatic heterocycles. The number of likely N-dealkylation sites (tertiary alicyclic amines) is 1. The van der Waals surface area contributed by atoms with Gasteiger partial charge in [-0.25, -0.2) is 4.98 Å². The van der Waals surface area contributed by atoms with E-state index < -0.39 is 11.5 Å². The van der Waals surface area contributed by atoms with Gasteiger partial charge in [0.1, 0.15) is 5.54 Å². The largest absolute Gasteiger partial charge is 0.480 e. The van der Waals surface area contributed by atoms with Crippen molar-refractivity contribution in [3.05, 3.63) is 16.1 Å². The van der Waals surface area contributed by atoms with Gasteiger partial charge >= 0.3 is 5.97 Å². The molecule has 1 fully saturated rings. The van der Waals surface area contributed by atoms with Crippen molar-refractivity contribution < 1.29 is 9.90 Å². The van der Waals surface area contributed by atoms with E-state index in [1.54, 1.807) is 11.3 Å². The quantitative estimate of drug-likeness (QED) is 0.802. The van der Waals surface area contributed by atoms with Crippen molar-refractivity contribution in [3.63, 3.8) is 0 Å². The molecule has 5 nitrogen and oxygen atoms in total.